The second-order valence-electron chi connectivity index (χ2n) is 6.93. The average Bonchev–Trinajstić information content (AvgIpc) is 2.38. The lowest BCUT2D eigenvalue weighted by Crippen LogP contribution is -2.33. The smallest absolute Gasteiger partial charge is 0.318 e. The lowest BCUT2D eigenvalue weighted by Gasteiger charge is -2.35. The van der Waals surface area contributed by atoms with Gasteiger partial charge in [0.15, 0.2) is 5.78 Å². The number of esters is 1. The molecule has 1 aromatic rings. The number of benzene rings is 1. The van der Waals surface area contributed by atoms with Gasteiger partial charge >= 0.3 is 5.97 Å². The number of Topliss-reactive ketones (excluding diaryl/α,β-unsaturated/α-hetero) is 1. The van der Waals surface area contributed by atoms with Gasteiger partial charge in [-0.3, -0.25) is 9.59 Å². The maximum atomic E-state index is 12.3. The minimum Gasteiger partial charge on any atom is -0.430 e. The Balaban J connectivity index is 1.92. The number of ether oxygens (including phenoxy) is 1. The number of hydrogen-bond acceptors (Lipinski definition) is 3. The molecule has 3 rings (SSSR count). The Morgan fingerprint density at radius 2 is 1.76 bits per heavy atom. The molecule has 0 fully saturated rings. The Bertz CT molecular complexity index is 635. The molecule has 3 heteroatoms. The van der Waals surface area contributed by atoms with E-state index < -0.39 is 0 Å². The fourth-order valence-corrected chi connectivity index (χ4v) is 3.16. The van der Waals surface area contributed by atoms with E-state index in [4.69, 9.17) is 4.74 Å². The number of carbonyl (C=O) groups excluding carboxylic acids is 2. The van der Waals surface area contributed by atoms with Crippen molar-refractivity contribution in [3.05, 3.63) is 46.7 Å². The van der Waals surface area contributed by atoms with Crippen LogP contribution >= 0.6 is 0 Å². The van der Waals surface area contributed by atoms with Crippen molar-refractivity contribution >= 4 is 11.8 Å². The molecular weight excluding hydrogens is 264 g/mol. The molecule has 1 unspecified atom stereocenters. The van der Waals surface area contributed by atoms with E-state index in [1.54, 1.807) is 0 Å². The van der Waals surface area contributed by atoms with Crippen LogP contribution in [0.15, 0.2) is 35.6 Å². The quantitative estimate of drug-likeness (QED) is 0.739. The largest absolute Gasteiger partial charge is 0.430 e. The average molecular weight is 284 g/mol. The highest BCUT2D eigenvalue weighted by Crippen LogP contribution is 2.43. The van der Waals surface area contributed by atoms with Crippen LogP contribution in [-0.4, -0.2) is 11.8 Å². The third-order valence-corrected chi connectivity index (χ3v) is 4.35. The molecule has 0 saturated carbocycles. The predicted molar refractivity (Wildman–Crippen MR) is 79.7 cm³/mol. The fourth-order valence-electron chi connectivity index (χ4n) is 3.16. The predicted octanol–water partition coefficient (Wildman–Crippen LogP) is 3.67. The molecule has 1 aliphatic carbocycles. The van der Waals surface area contributed by atoms with Crippen LogP contribution in [0.5, 0.6) is 0 Å². The van der Waals surface area contributed by atoms with Gasteiger partial charge in [-0.1, -0.05) is 43.7 Å². The van der Waals surface area contributed by atoms with Crippen LogP contribution in [0.3, 0.4) is 0 Å². The summed E-state index contributed by atoms with van der Waals surface area (Å²) in [4.78, 5) is 24.6. The number of aryl methyl sites for hydroxylation is 1. The van der Waals surface area contributed by atoms with Gasteiger partial charge in [0.2, 0.25) is 0 Å². The number of rotatable bonds is 1. The topological polar surface area (TPSA) is 43.4 Å². The standard InChI is InChI=1S/C18H20O3/c1-11-4-6-12(7-5-11)13-8-14-15(19)9-18(2,3)10-16(14)21-17(13)20/h4-7,13H,8-10H2,1-3H3. The summed E-state index contributed by atoms with van der Waals surface area (Å²) in [6.45, 7) is 6.08. The van der Waals surface area contributed by atoms with Crippen molar-refractivity contribution in [3.8, 4) is 0 Å². The molecule has 0 bridgehead atoms. The van der Waals surface area contributed by atoms with Crippen LogP contribution < -0.4 is 0 Å². The molecule has 0 saturated heterocycles. The third kappa shape index (κ3) is 2.65. The van der Waals surface area contributed by atoms with E-state index in [2.05, 4.69) is 0 Å². The Morgan fingerprint density at radius 1 is 1.10 bits per heavy atom. The summed E-state index contributed by atoms with van der Waals surface area (Å²) in [6.07, 6.45) is 1.68. The number of allylic oxidation sites excluding steroid dienone is 2. The van der Waals surface area contributed by atoms with Crippen molar-refractivity contribution in [2.45, 2.75) is 46.0 Å². The van der Waals surface area contributed by atoms with Crippen molar-refractivity contribution in [3.63, 3.8) is 0 Å². The van der Waals surface area contributed by atoms with Crippen LogP contribution in [0.25, 0.3) is 0 Å². The highest BCUT2D eigenvalue weighted by molar-refractivity contribution is 5.99. The SMILES string of the molecule is Cc1ccc(C2CC3=C(CC(C)(C)CC3=O)OC2=O)cc1. The first-order valence-corrected chi connectivity index (χ1v) is 7.39. The first-order chi connectivity index (χ1) is 9.85. The number of hydrogen-bond donors (Lipinski definition) is 0. The summed E-state index contributed by atoms with van der Waals surface area (Å²) in [5.41, 5.74) is 2.68. The van der Waals surface area contributed by atoms with Gasteiger partial charge in [-0.25, -0.2) is 0 Å². The van der Waals surface area contributed by atoms with Crippen molar-refractivity contribution in [2.24, 2.45) is 5.41 Å². The van der Waals surface area contributed by atoms with Crippen LogP contribution in [-0.2, 0) is 14.3 Å². The molecule has 110 valence electrons. The first-order valence-electron chi connectivity index (χ1n) is 7.39. The zero-order valence-corrected chi connectivity index (χ0v) is 12.7. The normalized spacial score (nSPS) is 24.6. The molecule has 1 aliphatic heterocycles. The van der Waals surface area contributed by atoms with E-state index in [1.807, 2.05) is 45.0 Å². The molecule has 21 heavy (non-hydrogen) atoms. The van der Waals surface area contributed by atoms with Gasteiger partial charge in [-0.05, 0) is 24.3 Å². The van der Waals surface area contributed by atoms with Gasteiger partial charge in [0, 0.05) is 18.4 Å². The Labute approximate surface area is 125 Å². The summed E-state index contributed by atoms with van der Waals surface area (Å²) in [7, 11) is 0. The molecule has 1 atom stereocenters. The summed E-state index contributed by atoms with van der Waals surface area (Å²) in [5, 5.41) is 0. The highest BCUT2D eigenvalue weighted by Gasteiger charge is 2.40. The van der Waals surface area contributed by atoms with Gasteiger partial charge in [0.25, 0.3) is 0 Å². The lowest BCUT2D eigenvalue weighted by atomic mass is 9.73. The van der Waals surface area contributed by atoms with E-state index in [-0.39, 0.29) is 23.1 Å². The van der Waals surface area contributed by atoms with E-state index in [0.717, 1.165) is 16.7 Å². The van der Waals surface area contributed by atoms with Crippen LogP contribution in [0.1, 0.15) is 50.2 Å². The summed E-state index contributed by atoms with van der Waals surface area (Å²) in [5.74, 6) is 0.146. The van der Waals surface area contributed by atoms with Crippen LogP contribution in [0.4, 0.5) is 0 Å². The minimum absolute atomic E-state index is 0.118. The Kier molecular flexibility index (Phi) is 3.23. The lowest BCUT2D eigenvalue weighted by molar-refractivity contribution is -0.144. The van der Waals surface area contributed by atoms with E-state index in [9.17, 15) is 9.59 Å². The molecule has 0 aromatic heterocycles. The van der Waals surface area contributed by atoms with Crippen LogP contribution in [0.2, 0.25) is 0 Å². The second-order valence-corrected chi connectivity index (χ2v) is 6.93. The molecule has 0 radical (unpaired) electrons. The van der Waals surface area contributed by atoms with Crippen LogP contribution in [0, 0.1) is 12.3 Å². The monoisotopic (exact) mass is 284 g/mol. The van der Waals surface area contributed by atoms with Crippen molar-refractivity contribution < 1.29 is 14.3 Å². The molecule has 1 heterocycles. The van der Waals surface area contributed by atoms with Crippen molar-refractivity contribution in [1.82, 2.24) is 0 Å². The molecule has 0 amide bonds. The third-order valence-electron chi connectivity index (χ3n) is 4.35. The molecule has 3 nitrogen and oxygen atoms in total. The molecule has 0 N–H and O–H groups in total. The zero-order chi connectivity index (χ0) is 15.2. The molecular formula is C18H20O3. The fraction of sp³-hybridized carbons (Fsp3) is 0.444. The summed E-state index contributed by atoms with van der Waals surface area (Å²) in [6, 6.07) is 7.87. The number of carbonyl (C=O) groups is 2. The summed E-state index contributed by atoms with van der Waals surface area (Å²) >= 11 is 0. The second kappa shape index (κ2) is 4.83. The summed E-state index contributed by atoms with van der Waals surface area (Å²) < 4.78 is 5.51. The minimum atomic E-state index is -0.352. The van der Waals surface area contributed by atoms with Gasteiger partial charge in [0.05, 0.1) is 5.92 Å². The molecule has 0 spiro atoms. The first kappa shape index (κ1) is 14.1. The highest BCUT2D eigenvalue weighted by atomic mass is 16.5. The molecule has 2 aliphatic rings. The number of ketones is 1. The molecule has 1 aromatic carbocycles. The van der Waals surface area contributed by atoms with Gasteiger partial charge in [-0.2, -0.15) is 0 Å². The van der Waals surface area contributed by atoms with Gasteiger partial charge < -0.3 is 4.74 Å². The van der Waals surface area contributed by atoms with E-state index in [0.29, 0.717) is 25.0 Å². The Morgan fingerprint density at radius 3 is 2.43 bits per heavy atom. The van der Waals surface area contributed by atoms with Crippen molar-refractivity contribution in [1.29, 1.82) is 0 Å². The Hall–Kier alpha value is -1.90. The van der Waals surface area contributed by atoms with Crippen molar-refractivity contribution in [2.75, 3.05) is 0 Å². The van der Waals surface area contributed by atoms with E-state index >= 15 is 0 Å². The van der Waals surface area contributed by atoms with E-state index in [1.165, 1.54) is 0 Å². The maximum absolute atomic E-state index is 12.3. The zero-order valence-electron chi connectivity index (χ0n) is 12.7. The van der Waals surface area contributed by atoms with Gasteiger partial charge in [0.1, 0.15) is 5.76 Å². The van der Waals surface area contributed by atoms with Gasteiger partial charge in [-0.15, -0.1) is 0 Å². The maximum Gasteiger partial charge on any atom is 0.318 e.